The number of hydrogen-bond donors (Lipinski definition) is 2. The average Bonchev–Trinajstić information content (AvgIpc) is 2.69. The summed E-state index contributed by atoms with van der Waals surface area (Å²) in [5.41, 5.74) is 6.13. The van der Waals surface area contributed by atoms with Crippen LogP contribution in [-0.4, -0.2) is 27.6 Å². The van der Waals surface area contributed by atoms with E-state index in [4.69, 9.17) is 5.73 Å². The van der Waals surface area contributed by atoms with Crippen LogP contribution in [0.3, 0.4) is 0 Å². The molecule has 0 spiro atoms. The maximum absolute atomic E-state index is 14.2. The molecule has 1 amide bonds. The zero-order chi connectivity index (χ0) is 20.4. The van der Waals surface area contributed by atoms with Crippen LogP contribution in [0, 0.1) is 11.6 Å². The summed E-state index contributed by atoms with van der Waals surface area (Å²) < 4.78 is 27.9. The summed E-state index contributed by atoms with van der Waals surface area (Å²) in [6.07, 6.45) is 4.33. The van der Waals surface area contributed by atoms with Gasteiger partial charge in [-0.3, -0.25) is 9.78 Å². The Morgan fingerprint density at radius 3 is 2.55 bits per heavy atom. The lowest BCUT2D eigenvalue weighted by molar-refractivity contribution is 0.0996. The van der Waals surface area contributed by atoms with Gasteiger partial charge in [-0.2, -0.15) is 0 Å². The standard InChI is InChI=1S/C21H19F2N5O/c22-15-5-4-13(11-14(15)20(24)29)17-6-7-18(28-27-17)26-12-21(8-2-9-21)19-16(23)3-1-10-25-19/h1,3-7,10-11H,2,8-9,12H2,(H2,24,29)(H,26,28). The number of anilines is 1. The van der Waals surface area contributed by atoms with Gasteiger partial charge in [-0.1, -0.05) is 6.42 Å². The Morgan fingerprint density at radius 2 is 1.93 bits per heavy atom. The molecule has 1 aliphatic rings. The molecule has 6 nitrogen and oxygen atoms in total. The molecular weight excluding hydrogens is 376 g/mol. The molecule has 1 aliphatic carbocycles. The molecule has 148 valence electrons. The molecule has 8 heteroatoms. The van der Waals surface area contributed by atoms with Gasteiger partial charge < -0.3 is 11.1 Å². The van der Waals surface area contributed by atoms with Gasteiger partial charge in [0.2, 0.25) is 0 Å². The van der Waals surface area contributed by atoms with Gasteiger partial charge >= 0.3 is 0 Å². The fraction of sp³-hybridized carbons (Fsp3) is 0.238. The molecule has 0 atom stereocenters. The molecule has 29 heavy (non-hydrogen) atoms. The van der Waals surface area contributed by atoms with Crippen molar-refractivity contribution in [3.05, 3.63) is 71.6 Å². The number of nitrogens with two attached hydrogens (primary N) is 1. The Bertz CT molecular complexity index is 1050. The number of carbonyl (C=O) groups is 1. The van der Waals surface area contributed by atoms with Crippen LogP contribution in [0.15, 0.2) is 48.7 Å². The Labute approximate surface area is 166 Å². The molecule has 2 aromatic heterocycles. The summed E-state index contributed by atoms with van der Waals surface area (Å²) in [4.78, 5) is 15.6. The van der Waals surface area contributed by atoms with Crippen LogP contribution in [0.2, 0.25) is 0 Å². The highest BCUT2D eigenvalue weighted by atomic mass is 19.1. The van der Waals surface area contributed by atoms with Crippen molar-refractivity contribution >= 4 is 11.7 Å². The van der Waals surface area contributed by atoms with E-state index in [9.17, 15) is 13.6 Å². The van der Waals surface area contributed by atoms with E-state index in [1.807, 2.05) is 0 Å². The molecule has 4 rings (SSSR count). The quantitative estimate of drug-likeness (QED) is 0.667. The molecule has 0 radical (unpaired) electrons. The van der Waals surface area contributed by atoms with Crippen LogP contribution in [0.5, 0.6) is 0 Å². The molecule has 0 bridgehead atoms. The van der Waals surface area contributed by atoms with Gasteiger partial charge in [-0.05, 0) is 55.3 Å². The molecular formula is C21H19F2N5O. The molecule has 0 saturated heterocycles. The highest BCUT2D eigenvalue weighted by Gasteiger charge is 2.41. The highest BCUT2D eigenvalue weighted by molar-refractivity contribution is 5.94. The van der Waals surface area contributed by atoms with Gasteiger partial charge in [0.15, 0.2) is 0 Å². The van der Waals surface area contributed by atoms with E-state index in [0.717, 1.165) is 19.3 Å². The molecule has 2 heterocycles. The molecule has 1 saturated carbocycles. The lowest BCUT2D eigenvalue weighted by atomic mass is 9.66. The number of aromatic nitrogens is 3. The Hall–Kier alpha value is -3.42. The Kier molecular flexibility index (Phi) is 4.92. The fourth-order valence-electron chi connectivity index (χ4n) is 3.59. The van der Waals surface area contributed by atoms with Crippen molar-refractivity contribution in [1.29, 1.82) is 0 Å². The van der Waals surface area contributed by atoms with Gasteiger partial charge in [-0.25, -0.2) is 8.78 Å². The predicted molar refractivity (Wildman–Crippen MR) is 104 cm³/mol. The van der Waals surface area contributed by atoms with Gasteiger partial charge in [0.25, 0.3) is 5.91 Å². The lowest BCUT2D eigenvalue weighted by Gasteiger charge is -2.41. The first-order valence-corrected chi connectivity index (χ1v) is 9.27. The Morgan fingerprint density at radius 1 is 1.10 bits per heavy atom. The Balaban J connectivity index is 1.50. The van der Waals surface area contributed by atoms with E-state index >= 15 is 0 Å². The third-order valence-corrected chi connectivity index (χ3v) is 5.37. The monoisotopic (exact) mass is 395 g/mol. The number of hydrogen-bond acceptors (Lipinski definition) is 5. The minimum Gasteiger partial charge on any atom is -0.368 e. The van der Waals surface area contributed by atoms with Crippen molar-refractivity contribution < 1.29 is 13.6 Å². The zero-order valence-electron chi connectivity index (χ0n) is 15.5. The van der Waals surface area contributed by atoms with Gasteiger partial charge in [0, 0.05) is 23.7 Å². The van der Waals surface area contributed by atoms with Gasteiger partial charge in [-0.15, -0.1) is 10.2 Å². The summed E-state index contributed by atoms with van der Waals surface area (Å²) in [6, 6.07) is 10.5. The SMILES string of the molecule is NC(=O)c1cc(-c2ccc(NCC3(c4ncccc4F)CCC3)nn2)ccc1F. The van der Waals surface area contributed by atoms with Crippen LogP contribution in [0.4, 0.5) is 14.6 Å². The van der Waals surface area contributed by atoms with Crippen molar-refractivity contribution in [2.45, 2.75) is 24.7 Å². The third kappa shape index (κ3) is 3.65. The molecule has 3 N–H and O–H groups in total. The normalized spacial score (nSPS) is 14.8. The minimum absolute atomic E-state index is 0.198. The first kappa shape index (κ1) is 18.9. The van der Waals surface area contributed by atoms with Crippen LogP contribution in [0.1, 0.15) is 35.3 Å². The first-order chi connectivity index (χ1) is 14.0. The molecule has 1 aromatic carbocycles. The fourth-order valence-corrected chi connectivity index (χ4v) is 3.59. The summed E-state index contributed by atoms with van der Waals surface area (Å²) >= 11 is 0. The van der Waals surface area contributed by atoms with E-state index in [1.54, 1.807) is 24.4 Å². The number of amides is 1. The summed E-state index contributed by atoms with van der Waals surface area (Å²) in [5, 5.41) is 11.5. The zero-order valence-corrected chi connectivity index (χ0v) is 15.5. The summed E-state index contributed by atoms with van der Waals surface area (Å²) in [7, 11) is 0. The topological polar surface area (TPSA) is 93.8 Å². The maximum atomic E-state index is 14.2. The minimum atomic E-state index is -0.844. The molecule has 1 fully saturated rings. The van der Waals surface area contributed by atoms with E-state index in [0.29, 0.717) is 29.3 Å². The number of nitrogens with one attached hydrogen (secondary N) is 1. The second-order valence-electron chi connectivity index (χ2n) is 7.18. The van der Waals surface area contributed by atoms with Gasteiger partial charge in [0.1, 0.15) is 17.5 Å². The van der Waals surface area contributed by atoms with Crippen molar-refractivity contribution in [1.82, 2.24) is 15.2 Å². The molecule has 0 unspecified atom stereocenters. The van der Waals surface area contributed by atoms with Crippen LogP contribution in [-0.2, 0) is 5.41 Å². The van der Waals surface area contributed by atoms with Crippen molar-refractivity contribution in [3.63, 3.8) is 0 Å². The van der Waals surface area contributed by atoms with E-state index in [2.05, 4.69) is 20.5 Å². The maximum Gasteiger partial charge on any atom is 0.251 e. The molecule has 3 aromatic rings. The number of carbonyl (C=O) groups excluding carboxylic acids is 1. The lowest BCUT2D eigenvalue weighted by Crippen LogP contribution is -2.42. The van der Waals surface area contributed by atoms with Crippen LogP contribution < -0.4 is 11.1 Å². The average molecular weight is 395 g/mol. The second-order valence-corrected chi connectivity index (χ2v) is 7.18. The largest absolute Gasteiger partial charge is 0.368 e. The third-order valence-electron chi connectivity index (χ3n) is 5.37. The van der Waals surface area contributed by atoms with Crippen molar-refractivity contribution in [3.8, 4) is 11.3 Å². The van der Waals surface area contributed by atoms with Gasteiger partial charge in [0.05, 0.1) is 17.0 Å². The smallest absolute Gasteiger partial charge is 0.251 e. The van der Waals surface area contributed by atoms with E-state index in [1.165, 1.54) is 24.3 Å². The first-order valence-electron chi connectivity index (χ1n) is 9.27. The number of nitrogens with zero attached hydrogens (tertiary/aromatic N) is 3. The highest BCUT2D eigenvalue weighted by Crippen LogP contribution is 2.43. The number of pyridine rings is 1. The second kappa shape index (κ2) is 7.54. The van der Waals surface area contributed by atoms with Crippen molar-refractivity contribution in [2.75, 3.05) is 11.9 Å². The summed E-state index contributed by atoms with van der Waals surface area (Å²) in [6.45, 7) is 0.497. The van der Waals surface area contributed by atoms with Crippen LogP contribution >= 0.6 is 0 Å². The molecule has 0 aliphatic heterocycles. The van der Waals surface area contributed by atoms with Crippen molar-refractivity contribution in [2.24, 2.45) is 5.73 Å². The number of rotatable bonds is 6. The van der Waals surface area contributed by atoms with E-state index in [-0.39, 0.29) is 16.8 Å². The number of primary amides is 1. The number of benzene rings is 1. The number of halogens is 2. The summed E-state index contributed by atoms with van der Waals surface area (Å²) in [5.74, 6) is -1.28. The van der Waals surface area contributed by atoms with Crippen LogP contribution in [0.25, 0.3) is 11.3 Å². The van der Waals surface area contributed by atoms with E-state index < -0.39 is 11.7 Å². The predicted octanol–water partition coefficient (Wildman–Crippen LogP) is 3.45.